The summed E-state index contributed by atoms with van der Waals surface area (Å²) in [4.78, 5) is 20.5. The van der Waals surface area contributed by atoms with Gasteiger partial charge >= 0.3 is 16.3 Å². The van der Waals surface area contributed by atoms with Gasteiger partial charge in [-0.15, -0.1) is 0 Å². The van der Waals surface area contributed by atoms with Crippen LogP contribution in [0.5, 0.6) is 5.75 Å². The number of aliphatic carboxylic acids is 1. The van der Waals surface area contributed by atoms with E-state index in [2.05, 4.69) is 0 Å². The maximum Gasteiger partial charge on any atom is 0.416 e. The van der Waals surface area contributed by atoms with Crippen LogP contribution < -0.4 is 9.92 Å². The minimum Gasteiger partial charge on any atom is -0.481 e. The van der Waals surface area contributed by atoms with Gasteiger partial charge in [-0.05, 0) is 65.4 Å². The van der Waals surface area contributed by atoms with Gasteiger partial charge in [-0.1, -0.05) is 49.4 Å². The molecule has 3 aromatic carbocycles. The number of aliphatic imine (C=N–C) groups is 2. The van der Waals surface area contributed by atoms with Gasteiger partial charge in [-0.3, -0.25) is 14.7 Å². The zero-order valence-corrected chi connectivity index (χ0v) is 24.3. The number of rotatable bonds is 7. The van der Waals surface area contributed by atoms with Gasteiger partial charge in [0.05, 0.1) is 11.3 Å². The molecule has 0 radical (unpaired) electrons. The third-order valence-electron chi connectivity index (χ3n) is 6.69. The van der Waals surface area contributed by atoms with Crippen LogP contribution >= 0.6 is 0 Å². The summed E-state index contributed by atoms with van der Waals surface area (Å²) in [6.45, 7) is 4.03. The molecule has 2 aliphatic rings. The highest BCUT2D eigenvalue weighted by molar-refractivity contribution is 7.87. The largest absolute Gasteiger partial charge is 0.481 e. The van der Waals surface area contributed by atoms with E-state index in [1.54, 1.807) is 55.5 Å². The molecule has 0 saturated carbocycles. The highest BCUT2D eigenvalue weighted by atomic mass is 32.2. The number of fused-ring (bicyclic) bond motifs is 1. The Balaban J connectivity index is 0.000000996. The number of nitrogens with zero attached hydrogens (tertiary/aromatic N) is 3. The van der Waals surface area contributed by atoms with Crippen molar-refractivity contribution in [2.75, 3.05) is 18.8 Å². The van der Waals surface area contributed by atoms with E-state index in [1.165, 1.54) is 6.07 Å². The summed E-state index contributed by atoms with van der Waals surface area (Å²) >= 11 is 0. The van der Waals surface area contributed by atoms with E-state index in [4.69, 9.17) is 29.8 Å². The number of amidine groups is 1. The fraction of sp³-hybridized carbons (Fsp3) is 0.300. The topological polar surface area (TPSA) is 135 Å². The Labute approximate surface area is 247 Å². The molecule has 9 nitrogen and oxygen atoms in total. The summed E-state index contributed by atoms with van der Waals surface area (Å²) in [5.74, 6) is 0.120. The monoisotopic (exact) mass is 616 g/mol. The van der Waals surface area contributed by atoms with Crippen LogP contribution in [0.4, 0.5) is 13.2 Å². The van der Waals surface area contributed by atoms with Crippen LogP contribution in [0.1, 0.15) is 43.4 Å². The second-order valence-corrected chi connectivity index (χ2v) is 11.6. The minimum atomic E-state index is -4.47. The molecule has 0 saturated heterocycles. The van der Waals surface area contributed by atoms with Crippen LogP contribution in [0, 0.1) is 0 Å². The molecule has 43 heavy (non-hydrogen) atoms. The molecule has 228 valence electrons. The van der Waals surface area contributed by atoms with Gasteiger partial charge < -0.3 is 15.0 Å². The summed E-state index contributed by atoms with van der Waals surface area (Å²) in [7, 11) is -3.72. The number of hydrogen-bond donors (Lipinski definition) is 2. The number of carboxylic acids is 1. The Morgan fingerprint density at radius 1 is 1.05 bits per heavy atom. The summed E-state index contributed by atoms with van der Waals surface area (Å²) in [6, 6.07) is 18.8. The molecule has 2 heterocycles. The molecule has 5 rings (SSSR count). The smallest absolute Gasteiger partial charge is 0.416 e. The van der Waals surface area contributed by atoms with E-state index in [1.807, 2.05) is 11.0 Å². The number of halogens is 3. The van der Waals surface area contributed by atoms with Crippen LogP contribution in [-0.4, -0.2) is 55.0 Å². The van der Waals surface area contributed by atoms with E-state index >= 15 is 0 Å². The molecular formula is C30H31F3N4O5S. The van der Waals surface area contributed by atoms with Crippen molar-refractivity contribution in [3.05, 3.63) is 89.5 Å². The minimum absolute atomic E-state index is 0.104. The number of benzene rings is 3. The highest BCUT2D eigenvalue weighted by Gasteiger charge is 2.49. The zero-order valence-electron chi connectivity index (χ0n) is 23.5. The second kappa shape index (κ2) is 12.5. The predicted octanol–water partition coefficient (Wildman–Crippen LogP) is 5.26. The summed E-state index contributed by atoms with van der Waals surface area (Å²) in [5.41, 5.74) is 6.76. The van der Waals surface area contributed by atoms with E-state index in [-0.39, 0.29) is 17.5 Å². The fourth-order valence-electron chi connectivity index (χ4n) is 4.96. The van der Waals surface area contributed by atoms with Crippen molar-refractivity contribution in [3.8, 4) is 16.9 Å². The molecule has 0 fully saturated rings. The van der Waals surface area contributed by atoms with Crippen LogP contribution in [-0.2, 0) is 26.6 Å². The first-order valence-corrected chi connectivity index (χ1v) is 15.0. The number of hydrogen-bond acceptors (Lipinski definition) is 8. The Kier molecular flexibility index (Phi) is 9.14. The first kappa shape index (κ1) is 31.5. The number of guanidine groups is 1. The van der Waals surface area contributed by atoms with E-state index in [9.17, 15) is 21.6 Å². The SMILES string of the molecule is CC(=O)O.CCCS(=O)(=O)Oc1ccc(C2(c3cccc(-c4cccc(C(F)(F)F)c4)c3)N=C(N)N3CCCN=C32)cc1. The maximum absolute atomic E-state index is 13.4. The third kappa shape index (κ3) is 6.99. The molecule has 13 heteroatoms. The average Bonchev–Trinajstić information content (AvgIpc) is 3.26. The summed E-state index contributed by atoms with van der Waals surface area (Å²) in [5, 5.41) is 7.42. The van der Waals surface area contributed by atoms with Gasteiger partial charge in [0.25, 0.3) is 5.97 Å². The van der Waals surface area contributed by atoms with Crippen molar-refractivity contribution >= 4 is 27.9 Å². The van der Waals surface area contributed by atoms with E-state index in [0.29, 0.717) is 47.6 Å². The summed E-state index contributed by atoms with van der Waals surface area (Å²) < 4.78 is 69.7. The first-order chi connectivity index (χ1) is 20.3. The van der Waals surface area contributed by atoms with Crippen molar-refractivity contribution in [2.45, 2.75) is 38.4 Å². The zero-order chi connectivity index (χ0) is 31.4. The van der Waals surface area contributed by atoms with E-state index in [0.717, 1.165) is 25.5 Å². The van der Waals surface area contributed by atoms with Gasteiger partial charge in [-0.25, -0.2) is 4.99 Å². The quantitative estimate of drug-likeness (QED) is 0.346. The normalized spacial score (nSPS) is 18.1. The molecule has 3 N–H and O–H groups in total. The molecule has 3 aromatic rings. The van der Waals surface area contributed by atoms with E-state index < -0.39 is 33.4 Å². The van der Waals surface area contributed by atoms with Crippen molar-refractivity contribution in [3.63, 3.8) is 0 Å². The lowest BCUT2D eigenvalue weighted by Crippen LogP contribution is -2.46. The lowest BCUT2D eigenvalue weighted by molar-refractivity contribution is -0.137. The lowest BCUT2D eigenvalue weighted by atomic mass is 9.81. The molecule has 0 bridgehead atoms. The average molecular weight is 617 g/mol. The van der Waals surface area contributed by atoms with Crippen LogP contribution in [0.25, 0.3) is 11.1 Å². The molecule has 2 aliphatic heterocycles. The predicted molar refractivity (Wildman–Crippen MR) is 157 cm³/mol. The molecule has 1 unspecified atom stereocenters. The number of carbonyl (C=O) groups is 1. The Bertz CT molecular complexity index is 1650. The van der Waals surface area contributed by atoms with Gasteiger partial charge in [0.1, 0.15) is 11.6 Å². The van der Waals surface area contributed by atoms with Gasteiger partial charge in [0.15, 0.2) is 11.5 Å². The highest BCUT2D eigenvalue weighted by Crippen LogP contribution is 2.43. The van der Waals surface area contributed by atoms with Crippen LogP contribution in [0.2, 0.25) is 0 Å². The Hall–Kier alpha value is -4.39. The Morgan fingerprint density at radius 3 is 2.30 bits per heavy atom. The second-order valence-electron chi connectivity index (χ2n) is 9.94. The van der Waals surface area contributed by atoms with Crippen molar-refractivity contribution in [1.82, 2.24) is 4.90 Å². The molecule has 0 aromatic heterocycles. The van der Waals surface area contributed by atoms with Crippen LogP contribution in [0.3, 0.4) is 0 Å². The number of nitrogens with two attached hydrogens (primary N) is 1. The summed E-state index contributed by atoms with van der Waals surface area (Å²) in [6.07, 6.45) is -3.25. The number of alkyl halides is 3. The molecule has 0 aliphatic carbocycles. The van der Waals surface area contributed by atoms with Gasteiger partial charge in [-0.2, -0.15) is 21.6 Å². The fourth-order valence-corrected chi connectivity index (χ4v) is 5.95. The molecule has 0 amide bonds. The first-order valence-electron chi connectivity index (χ1n) is 13.4. The van der Waals surface area contributed by atoms with Crippen molar-refractivity contribution in [2.24, 2.45) is 15.7 Å². The molecular weight excluding hydrogens is 585 g/mol. The Morgan fingerprint density at radius 2 is 1.67 bits per heavy atom. The van der Waals surface area contributed by atoms with Gasteiger partial charge in [0.2, 0.25) is 0 Å². The van der Waals surface area contributed by atoms with Gasteiger partial charge in [0, 0.05) is 20.0 Å². The number of carboxylic acid groups (broad SMARTS) is 1. The van der Waals surface area contributed by atoms with Crippen molar-refractivity contribution < 1.29 is 35.7 Å². The van der Waals surface area contributed by atoms with Crippen LogP contribution in [0.15, 0.2) is 82.8 Å². The lowest BCUT2D eigenvalue weighted by Gasteiger charge is -2.33. The van der Waals surface area contributed by atoms with Crippen molar-refractivity contribution in [1.29, 1.82) is 0 Å². The molecule has 0 spiro atoms. The molecule has 1 atom stereocenters. The standard InChI is InChI=1S/C28H27F3N4O3S.C2H4O2/c1-2-16-39(36,37)38-24-12-10-21(11-13-24)27(25-33-14-5-15-35(25)26(32)34-27)22-8-3-6-19(17-22)20-7-4-9-23(18-20)28(29,30)31;1-2(3)4/h3-4,6-13,17-18H,2,5,14-16H2,1H3,(H2,32,34);1H3,(H,3,4). The third-order valence-corrected chi connectivity index (χ3v) is 8.05. The maximum atomic E-state index is 13.4.